The predicted molar refractivity (Wildman–Crippen MR) is 68.7 cm³/mol. The standard InChI is InChI=1S/C11H18N4O2S/c1-2-15-11(5-8-13-15)18(16,17)14-9-10-3-6-12-7-4-10/h3,5,8,12,14H,2,4,6-7,9H2,1H3. The van der Waals surface area contributed by atoms with Gasteiger partial charge in [0, 0.05) is 19.6 Å². The largest absolute Gasteiger partial charge is 0.313 e. The smallest absolute Gasteiger partial charge is 0.258 e. The Kier molecular flexibility index (Phi) is 4.15. The fourth-order valence-corrected chi connectivity index (χ4v) is 3.10. The third-order valence-electron chi connectivity index (χ3n) is 2.90. The Hall–Kier alpha value is -1.18. The molecule has 7 heteroatoms. The lowest BCUT2D eigenvalue weighted by atomic mass is 10.1. The Morgan fingerprint density at radius 2 is 2.39 bits per heavy atom. The number of nitrogens with zero attached hydrogens (tertiary/aromatic N) is 2. The Balaban J connectivity index is 2.05. The molecule has 0 spiro atoms. The summed E-state index contributed by atoms with van der Waals surface area (Å²) >= 11 is 0. The maximum atomic E-state index is 12.1. The molecule has 0 aliphatic carbocycles. The van der Waals surface area contributed by atoms with E-state index in [1.165, 1.54) is 16.9 Å². The van der Waals surface area contributed by atoms with Gasteiger partial charge in [-0.1, -0.05) is 11.6 Å². The monoisotopic (exact) mass is 270 g/mol. The fraction of sp³-hybridized carbons (Fsp3) is 0.545. The number of aromatic nitrogens is 2. The molecule has 2 rings (SSSR count). The fourth-order valence-electron chi connectivity index (χ4n) is 1.88. The zero-order chi connectivity index (χ0) is 13.0. The minimum atomic E-state index is -3.47. The first kappa shape index (κ1) is 13.3. The zero-order valence-corrected chi connectivity index (χ0v) is 11.2. The molecule has 1 aliphatic rings. The van der Waals surface area contributed by atoms with Crippen molar-refractivity contribution in [2.45, 2.75) is 24.9 Å². The van der Waals surface area contributed by atoms with Crippen LogP contribution in [0.25, 0.3) is 0 Å². The Labute approximate surface area is 107 Å². The molecule has 6 nitrogen and oxygen atoms in total. The molecule has 1 aromatic rings. The van der Waals surface area contributed by atoms with Crippen LogP contribution in [0.1, 0.15) is 13.3 Å². The van der Waals surface area contributed by atoms with Crippen molar-refractivity contribution < 1.29 is 8.42 Å². The summed E-state index contributed by atoms with van der Waals surface area (Å²) in [4.78, 5) is 0. The molecule has 0 unspecified atom stereocenters. The summed E-state index contributed by atoms with van der Waals surface area (Å²) in [6.07, 6.45) is 4.42. The topological polar surface area (TPSA) is 76.0 Å². The average molecular weight is 270 g/mol. The summed E-state index contributed by atoms with van der Waals surface area (Å²) in [5.41, 5.74) is 1.12. The van der Waals surface area contributed by atoms with Gasteiger partial charge in [-0.25, -0.2) is 13.1 Å². The minimum absolute atomic E-state index is 0.222. The number of nitrogens with one attached hydrogen (secondary N) is 2. The van der Waals surface area contributed by atoms with Crippen LogP contribution in [0.15, 0.2) is 28.9 Å². The van der Waals surface area contributed by atoms with Gasteiger partial charge in [0.15, 0.2) is 5.03 Å². The minimum Gasteiger partial charge on any atom is -0.313 e. The Morgan fingerprint density at radius 1 is 1.56 bits per heavy atom. The summed E-state index contributed by atoms with van der Waals surface area (Å²) in [5.74, 6) is 0. The normalized spacial score (nSPS) is 16.6. The highest BCUT2D eigenvalue weighted by molar-refractivity contribution is 7.89. The molecule has 0 fully saturated rings. The highest BCUT2D eigenvalue weighted by Gasteiger charge is 2.18. The van der Waals surface area contributed by atoms with Gasteiger partial charge in [-0.05, 0) is 26.0 Å². The van der Waals surface area contributed by atoms with Gasteiger partial charge in [-0.3, -0.25) is 4.68 Å². The van der Waals surface area contributed by atoms with Crippen molar-refractivity contribution in [1.82, 2.24) is 19.8 Å². The van der Waals surface area contributed by atoms with Crippen molar-refractivity contribution in [3.8, 4) is 0 Å². The van der Waals surface area contributed by atoms with Crippen LogP contribution in [0, 0.1) is 0 Å². The van der Waals surface area contributed by atoms with Crippen molar-refractivity contribution in [2.75, 3.05) is 19.6 Å². The first-order chi connectivity index (χ1) is 8.63. The molecule has 1 aromatic heterocycles. The molecule has 0 saturated heterocycles. The zero-order valence-electron chi connectivity index (χ0n) is 10.4. The van der Waals surface area contributed by atoms with Gasteiger partial charge in [0.2, 0.25) is 0 Å². The van der Waals surface area contributed by atoms with Crippen LogP contribution in [-0.4, -0.2) is 37.8 Å². The number of aryl methyl sites for hydroxylation is 1. The van der Waals surface area contributed by atoms with Crippen LogP contribution >= 0.6 is 0 Å². The van der Waals surface area contributed by atoms with E-state index in [2.05, 4.69) is 15.1 Å². The van der Waals surface area contributed by atoms with E-state index < -0.39 is 10.0 Å². The van der Waals surface area contributed by atoms with Gasteiger partial charge in [0.25, 0.3) is 10.0 Å². The van der Waals surface area contributed by atoms with Gasteiger partial charge in [-0.2, -0.15) is 5.10 Å². The highest BCUT2D eigenvalue weighted by atomic mass is 32.2. The second-order valence-corrected chi connectivity index (χ2v) is 5.84. The molecule has 0 radical (unpaired) electrons. The quantitative estimate of drug-likeness (QED) is 0.744. The number of hydrogen-bond acceptors (Lipinski definition) is 4. The second kappa shape index (κ2) is 5.64. The van der Waals surface area contributed by atoms with Gasteiger partial charge >= 0.3 is 0 Å². The summed E-state index contributed by atoms with van der Waals surface area (Å²) in [5, 5.41) is 7.38. The maximum absolute atomic E-state index is 12.1. The molecule has 0 atom stereocenters. The summed E-state index contributed by atoms with van der Waals surface area (Å²) in [6, 6.07) is 1.52. The van der Waals surface area contributed by atoms with Crippen molar-refractivity contribution in [3.05, 3.63) is 23.9 Å². The number of sulfonamides is 1. The van der Waals surface area contributed by atoms with E-state index in [9.17, 15) is 8.42 Å². The first-order valence-corrected chi connectivity index (χ1v) is 7.52. The SMILES string of the molecule is CCn1nccc1S(=O)(=O)NCC1=CCNCC1. The second-order valence-electron chi connectivity index (χ2n) is 4.13. The van der Waals surface area contributed by atoms with Crippen LogP contribution in [-0.2, 0) is 16.6 Å². The molecular formula is C11H18N4O2S. The molecule has 0 amide bonds. The molecule has 1 aliphatic heterocycles. The van der Waals surface area contributed by atoms with E-state index in [4.69, 9.17) is 0 Å². The predicted octanol–water partition coefficient (Wildman–Crippen LogP) is 0.101. The third kappa shape index (κ3) is 2.98. The van der Waals surface area contributed by atoms with Gasteiger partial charge < -0.3 is 5.32 Å². The molecule has 0 bridgehead atoms. The van der Waals surface area contributed by atoms with Crippen LogP contribution in [0.4, 0.5) is 0 Å². The molecule has 0 aromatic carbocycles. The van der Waals surface area contributed by atoms with Gasteiger partial charge in [-0.15, -0.1) is 0 Å². The lowest BCUT2D eigenvalue weighted by Gasteiger charge is -2.15. The van der Waals surface area contributed by atoms with Crippen LogP contribution < -0.4 is 10.0 Å². The van der Waals surface area contributed by atoms with Crippen LogP contribution in [0.2, 0.25) is 0 Å². The lowest BCUT2D eigenvalue weighted by Crippen LogP contribution is -2.31. The average Bonchev–Trinajstić information content (AvgIpc) is 2.87. The lowest BCUT2D eigenvalue weighted by molar-refractivity contribution is 0.545. The maximum Gasteiger partial charge on any atom is 0.258 e. The van der Waals surface area contributed by atoms with E-state index in [-0.39, 0.29) is 5.03 Å². The Morgan fingerprint density at radius 3 is 3.06 bits per heavy atom. The van der Waals surface area contributed by atoms with Crippen LogP contribution in [0.3, 0.4) is 0 Å². The van der Waals surface area contributed by atoms with Crippen LogP contribution in [0.5, 0.6) is 0 Å². The van der Waals surface area contributed by atoms with Gasteiger partial charge in [0.05, 0.1) is 6.20 Å². The van der Waals surface area contributed by atoms with E-state index in [1.54, 1.807) is 0 Å². The summed E-state index contributed by atoms with van der Waals surface area (Å²) in [6.45, 7) is 4.49. The van der Waals surface area contributed by atoms with Gasteiger partial charge in [0.1, 0.15) is 0 Å². The van der Waals surface area contributed by atoms with Crippen molar-refractivity contribution >= 4 is 10.0 Å². The highest BCUT2D eigenvalue weighted by Crippen LogP contribution is 2.09. The first-order valence-electron chi connectivity index (χ1n) is 6.03. The Bertz CT molecular complexity index is 533. The van der Waals surface area contributed by atoms with E-state index >= 15 is 0 Å². The third-order valence-corrected chi connectivity index (χ3v) is 4.32. The van der Waals surface area contributed by atoms with E-state index in [0.717, 1.165) is 25.1 Å². The summed E-state index contributed by atoms with van der Waals surface area (Å²) in [7, 11) is -3.47. The molecule has 2 N–H and O–H groups in total. The van der Waals surface area contributed by atoms with Crippen molar-refractivity contribution in [1.29, 1.82) is 0 Å². The molecular weight excluding hydrogens is 252 g/mol. The molecule has 18 heavy (non-hydrogen) atoms. The van der Waals surface area contributed by atoms with E-state index in [1.807, 2.05) is 13.0 Å². The van der Waals surface area contributed by atoms with Crippen molar-refractivity contribution in [2.24, 2.45) is 0 Å². The molecule has 2 heterocycles. The number of hydrogen-bond donors (Lipinski definition) is 2. The van der Waals surface area contributed by atoms with E-state index in [0.29, 0.717) is 13.1 Å². The number of rotatable bonds is 5. The molecule has 0 saturated carbocycles. The summed E-state index contributed by atoms with van der Waals surface area (Å²) < 4.78 is 28.3. The van der Waals surface area contributed by atoms with Crippen molar-refractivity contribution in [3.63, 3.8) is 0 Å². The molecule has 100 valence electrons.